The van der Waals surface area contributed by atoms with Gasteiger partial charge in [0, 0.05) is 18.8 Å². The molecule has 0 aliphatic rings. The molecule has 0 spiro atoms. The maximum Gasteiger partial charge on any atom is 0.277 e. The third-order valence-electron chi connectivity index (χ3n) is 2.02. The monoisotopic (exact) mass is 229 g/mol. The van der Waals surface area contributed by atoms with Gasteiger partial charge in [0.25, 0.3) is 10.2 Å². The van der Waals surface area contributed by atoms with Gasteiger partial charge in [-0.15, -0.1) is 0 Å². The topological polar surface area (TPSA) is 89.4 Å². The fourth-order valence-corrected chi connectivity index (χ4v) is 1.97. The molecule has 15 heavy (non-hydrogen) atoms. The molecule has 5 nitrogen and oxygen atoms in total. The van der Waals surface area contributed by atoms with Gasteiger partial charge in [-0.1, -0.05) is 19.1 Å². The summed E-state index contributed by atoms with van der Waals surface area (Å²) in [6.45, 7) is 2.32. The van der Waals surface area contributed by atoms with Gasteiger partial charge in [0.1, 0.15) is 0 Å². The minimum absolute atomic E-state index is 0.250. The summed E-state index contributed by atoms with van der Waals surface area (Å²) < 4.78 is 23.4. The molecule has 0 bridgehead atoms. The lowest BCUT2D eigenvalue weighted by atomic mass is 10.2. The smallest absolute Gasteiger partial charge is 0.277 e. The van der Waals surface area contributed by atoms with Crippen molar-refractivity contribution in [2.24, 2.45) is 5.14 Å². The summed E-state index contributed by atoms with van der Waals surface area (Å²) in [6.07, 6.45) is 0. The average Bonchev–Trinajstić information content (AvgIpc) is 2.12. The molecule has 0 aromatic heterocycles. The zero-order chi connectivity index (χ0) is 11.5. The predicted molar refractivity (Wildman–Crippen MR) is 60.0 cm³/mol. The zero-order valence-electron chi connectivity index (χ0n) is 8.55. The number of nitrogen functional groups attached to an aromatic ring is 1. The van der Waals surface area contributed by atoms with E-state index >= 15 is 0 Å². The summed E-state index contributed by atoms with van der Waals surface area (Å²) in [6, 6.07) is 7.07. The second kappa shape index (κ2) is 4.61. The molecular formula is C9H15N3O2S. The average molecular weight is 229 g/mol. The van der Waals surface area contributed by atoms with Crippen molar-refractivity contribution in [1.29, 1.82) is 0 Å². The van der Waals surface area contributed by atoms with Crippen molar-refractivity contribution in [3.63, 3.8) is 0 Å². The van der Waals surface area contributed by atoms with Crippen LogP contribution in [0.4, 0.5) is 5.69 Å². The van der Waals surface area contributed by atoms with E-state index in [-0.39, 0.29) is 6.54 Å². The first-order valence-electron chi connectivity index (χ1n) is 4.55. The normalized spacial score (nSPS) is 11.9. The van der Waals surface area contributed by atoms with E-state index in [1.165, 1.54) is 4.31 Å². The predicted octanol–water partition coefficient (Wildman–Crippen LogP) is 0.294. The third kappa shape index (κ3) is 3.50. The molecule has 0 saturated heterocycles. The van der Waals surface area contributed by atoms with Crippen LogP contribution in [0, 0.1) is 0 Å². The van der Waals surface area contributed by atoms with E-state index in [0.29, 0.717) is 12.2 Å². The van der Waals surface area contributed by atoms with E-state index in [2.05, 4.69) is 0 Å². The standard InChI is InChI=1S/C9H15N3O2S/c1-2-12(15(11,13)14)7-8-4-3-5-9(10)6-8/h3-6H,2,7,10H2,1H3,(H2,11,13,14). The largest absolute Gasteiger partial charge is 0.399 e. The Morgan fingerprint density at radius 3 is 2.53 bits per heavy atom. The second-order valence-corrected chi connectivity index (χ2v) is 4.76. The van der Waals surface area contributed by atoms with Crippen molar-refractivity contribution in [3.05, 3.63) is 29.8 Å². The molecule has 0 fully saturated rings. The number of nitrogens with two attached hydrogens (primary N) is 2. The van der Waals surface area contributed by atoms with Gasteiger partial charge >= 0.3 is 0 Å². The summed E-state index contributed by atoms with van der Waals surface area (Å²) in [5, 5.41) is 5.04. The van der Waals surface area contributed by atoms with Crippen molar-refractivity contribution in [1.82, 2.24) is 4.31 Å². The van der Waals surface area contributed by atoms with Crippen LogP contribution in [0.15, 0.2) is 24.3 Å². The van der Waals surface area contributed by atoms with Crippen LogP contribution in [0.3, 0.4) is 0 Å². The Bertz CT molecular complexity index is 431. The van der Waals surface area contributed by atoms with E-state index in [1.54, 1.807) is 25.1 Å². The molecule has 0 aliphatic carbocycles. The first kappa shape index (κ1) is 12.0. The van der Waals surface area contributed by atoms with Gasteiger partial charge in [0.05, 0.1) is 0 Å². The molecule has 0 atom stereocenters. The summed E-state index contributed by atoms with van der Waals surface area (Å²) >= 11 is 0. The Kier molecular flexibility index (Phi) is 3.67. The Balaban J connectivity index is 2.85. The van der Waals surface area contributed by atoms with E-state index in [1.807, 2.05) is 6.07 Å². The van der Waals surface area contributed by atoms with Gasteiger partial charge in [0.15, 0.2) is 0 Å². The van der Waals surface area contributed by atoms with Gasteiger partial charge in [-0.25, -0.2) is 5.14 Å². The lowest BCUT2D eigenvalue weighted by Gasteiger charge is -2.17. The SMILES string of the molecule is CCN(Cc1cccc(N)c1)S(N)(=O)=O. The maximum atomic E-state index is 11.1. The van der Waals surface area contributed by atoms with Crippen molar-refractivity contribution in [3.8, 4) is 0 Å². The van der Waals surface area contributed by atoms with Crippen LogP contribution in [-0.4, -0.2) is 19.3 Å². The van der Waals surface area contributed by atoms with Gasteiger partial charge < -0.3 is 5.73 Å². The number of anilines is 1. The molecule has 0 heterocycles. The molecule has 0 unspecified atom stereocenters. The van der Waals surface area contributed by atoms with Crippen molar-refractivity contribution in [2.75, 3.05) is 12.3 Å². The molecule has 1 aromatic rings. The lowest BCUT2D eigenvalue weighted by molar-refractivity contribution is 0.424. The zero-order valence-corrected chi connectivity index (χ0v) is 9.37. The van der Waals surface area contributed by atoms with Crippen LogP contribution in [-0.2, 0) is 16.8 Å². The van der Waals surface area contributed by atoms with Crippen LogP contribution < -0.4 is 10.9 Å². The minimum atomic E-state index is -3.63. The first-order chi connectivity index (χ1) is 6.93. The van der Waals surface area contributed by atoms with Crippen LogP contribution in [0.1, 0.15) is 12.5 Å². The quantitative estimate of drug-likeness (QED) is 0.727. The van der Waals surface area contributed by atoms with Crippen LogP contribution in [0.5, 0.6) is 0 Å². The number of hydrogen-bond acceptors (Lipinski definition) is 3. The highest BCUT2D eigenvalue weighted by Crippen LogP contribution is 2.10. The molecule has 0 amide bonds. The first-order valence-corrected chi connectivity index (χ1v) is 6.06. The van der Waals surface area contributed by atoms with Crippen molar-refractivity contribution in [2.45, 2.75) is 13.5 Å². The van der Waals surface area contributed by atoms with Gasteiger partial charge in [-0.2, -0.15) is 12.7 Å². The van der Waals surface area contributed by atoms with Gasteiger partial charge in [-0.05, 0) is 17.7 Å². The molecule has 0 saturated carbocycles. The van der Waals surface area contributed by atoms with Crippen molar-refractivity contribution < 1.29 is 8.42 Å². The van der Waals surface area contributed by atoms with Crippen LogP contribution >= 0.6 is 0 Å². The maximum absolute atomic E-state index is 11.1. The van der Waals surface area contributed by atoms with E-state index in [0.717, 1.165) is 5.56 Å². The minimum Gasteiger partial charge on any atom is -0.399 e. The molecule has 1 aromatic carbocycles. The van der Waals surface area contributed by atoms with E-state index in [4.69, 9.17) is 10.9 Å². The third-order valence-corrected chi connectivity index (χ3v) is 3.13. The summed E-state index contributed by atoms with van der Waals surface area (Å²) in [5.41, 5.74) is 7.02. The Hall–Kier alpha value is -1.11. The molecule has 84 valence electrons. The molecule has 1 rings (SSSR count). The number of nitrogens with zero attached hydrogens (tertiary/aromatic N) is 1. The van der Waals surface area contributed by atoms with E-state index in [9.17, 15) is 8.42 Å². The summed E-state index contributed by atoms with van der Waals surface area (Å²) in [5.74, 6) is 0. The summed E-state index contributed by atoms with van der Waals surface area (Å²) in [7, 11) is -3.63. The molecular weight excluding hydrogens is 214 g/mol. The number of hydrogen-bond donors (Lipinski definition) is 2. The fraction of sp³-hybridized carbons (Fsp3) is 0.333. The van der Waals surface area contributed by atoms with Crippen LogP contribution in [0.25, 0.3) is 0 Å². The van der Waals surface area contributed by atoms with Crippen molar-refractivity contribution >= 4 is 15.9 Å². The Labute approximate surface area is 89.9 Å². The molecule has 0 radical (unpaired) electrons. The number of rotatable bonds is 4. The second-order valence-electron chi connectivity index (χ2n) is 3.22. The number of benzene rings is 1. The summed E-state index contributed by atoms with van der Waals surface area (Å²) in [4.78, 5) is 0. The Morgan fingerprint density at radius 2 is 2.07 bits per heavy atom. The van der Waals surface area contributed by atoms with Gasteiger partial charge in [-0.3, -0.25) is 0 Å². The molecule has 6 heteroatoms. The lowest BCUT2D eigenvalue weighted by Crippen LogP contribution is -2.35. The molecule has 0 aliphatic heterocycles. The Morgan fingerprint density at radius 1 is 1.40 bits per heavy atom. The molecule has 4 N–H and O–H groups in total. The van der Waals surface area contributed by atoms with E-state index < -0.39 is 10.2 Å². The highest BCUT2D eigenvalue weighted by atomic mass is 32.2. The van der Waals surface area contributed by atoms with Gasteiger partial charge in [0.2, 0.25) is 0 Å². The highest BCUT2D eigenvalue weighted by Gasteiger charge is 2.14. The van der Waals surface area contributed by atoms with Crippen LogP contribution in [0.2, 0.25) is 0 Å². The fourth-order valence-electron chi connectivity index (χ4n) is 1.28. The highest BCUT2D eigenvalue weighted by molar-refractivity contribution is 7.86.